The highest BCUT2D eigenvalue weighted by atomic mass is 16.5. The fraction of sp³-hybridized carbons (Fsp3) is 0.336. The van der Waals surface area contributed by atoms with E-state index in [0.717, 1.165) is 50.3 Å². The molecule has 718 valence electrons. The molecule has 10 aromatic carbocycles. The summed E-state index contributed by atoms with van der Waals surface area (Å²) in [5.41, 5.74) is 30.5. The average molecular weight is 1840 g/mol. The van der Waals surface area contributed by atoms with Crippen molar-refractivity contribution in [3.8, 4) is 17.2 Å². The van der Waals surface area contributed by atoms with Gasteiger partial charge in [0, 0.05) is 103 Å². The van der Waals surface area contributed by atoms with Gasteiger partial charge in [0.1, 0.15) is 5.78 Å². The van der Waals surface area contributed by atoms with Gasteiger partial charge in [0.2, 0.25) is 41.2 Å². The number of nitrogens with two attached hydrogens (primary N) is 2. The molecule has 11 aromatic rings. The molecule has 1 heterocycles. The Labute approximate surface area is 801 Å². The highest BCUT2D eigenvalue weighted by molar-refractivity contribution is 6.05. The topological polar surface area (TPSA) is 336 Å². The number of benzene rings is 10. The number of nitrogens with zero attached hydrogens (tertiary/aromatic N) is 1. The zero-order valence-electron chi connectivity index (χ0n) is 84.0. The molecule has 0 aliphatic heterocycles. The lowest BCUT2D eigenvalue weighted by molar-refractivity contribution is -0.116. The fourth-order valence-electron chi connectivity index (χ4n) is 13.0. The van der Waals surface area contributed by atoms with Crippen LogP contribution in [0.2, 0.25) is 0 Å². The van der Waals surface area contributed by atoms with Crippen LogP contribution in [0, 0.1) is 0 Å². The molecular formula is C113H143N9O13. The summed E-state index contributed by atoms with van der Waals surface area (Å²) in [5, 5.41) is 16.7. The van der Waals surface area contributed by atoms with Crippen molar-refractivity contribution in [1.29, 1.82) is 0 Å². The average Bonchev–Trinajstić information content (AvgIpc) is 0.830. The van der Waals surface area contributed by atoms with Gasteiger partial charge >= 0.3 is 0 Å². The van der Waals surface area contributed by atoms with E-state index >= 15 is 0 Å². The number of primary amides is 2. The SMILES string of the molecule is CC(=O)Cc1ccc(C(C)C)cc1.CC(=O)Nc1cc(NC(C)=O)cc(C(C)C)c1.CC(=O)Nc1ccc(C(C)C)cc1NC(C)=O.CC(C)c1ccc(C(N)=O)cc1.CC(C)c1cccc(C(N)=O)c1.CC(C)c1cccc(NC(=O)c2ccc(C(C)(C)C)cc2)c1.CC(C)c1cccc(NC(=O)c2ccncc2)c1.COc1cc(CC(=O)c2cccc(C(C)C)c2)cc(OC)c1OC. The van der Waals surface area contributed by atoms with Crippen LogP contribution in [0.15, 0.2) is 243 Å². The van der Waals surface area contributed by atoms with Crippen molar-refractivity contribution >= 4 is 92.9 Å². The van der Waals surface area contributed by atoms with E-state index in [9.17, 15) is 47.9 Å². The Balaban J connectivity index is 0.000000326. The predicted octanol–water partition coefficient (Wildman–Crippen LogP) is 25.3. The van der Waals surface area contributed by atoms with Gasteiger partial charge in [-0.1, -0.05) is 241 Å². The van der Waals surface area contributed by atoms with Gasteiger partial charge in [0.25, 0.3) is 11.8 Å². The van der Waals surface area contributed by atoms with E-state index in [0.29, 0.717) is 116 Å². The first-order chi connectivity index (χ1) is 63.5. The molecule has 0 bridgehead atoms. The van der Waals surface area contributed by atoms with Crippen molar-refractivity contribution in [2.75, 3.05) is 53.2 Å². The molecular weight excluding hydrogens is 1690 g/mol. The first kappa shape index (κ1) is 113. The van der Waals surface area contributed by atoms with Crippen molar-refractivity contribution in [3.05, 3.63) is 332 Å². The van der Waals surface area contributed by atoms with E-state index in [1.54, 1.807) is 77.0 Å². The second-order valence-corrected chi connectivity index (χ2v) is 36.2. The Morgan fingerprint density at radius 2 is 0.652 bits per heavy atom. The van der Waals surface area contributed by atoms with Gasteiger partial charge in [-0.05, 0) is 242 Å². The molecule has 0 saturated heterocycles. The molecule has 0 aliphatic rings. The summed E-state index contributed by atoms with van der Waals surface area (Å²) < 4.78 is 16.0. The van der Waals surface area contributed by atoms with Crippen LogP contribution in [0.5, 0.6) is 17.2 Å². The second-order valence-electron chi connectivity index (χ2n) is 36.2. The third-order valence-electron chi connectivity index (χ3n) is 20.9. The smallest absolute Gasteiger partial charge is 0.255 e. The van der Waals surface area contributed by atoms with E-state index in [1.165, 1.54) is 55.5 Å². The number of ether oxygens (including phenoxy) is 3. The zero-order valence-corrected chi connectivity index (χ0v) is 84.0. The summed E-state index contributed by atoms with van der Waals surface area (Å²) in [5.74, 6) is 3.90. The van der Waals surface area contributed by atoms with Crippen molar-refractivity contribution < 1.29 is 62.2 Å². The molecule has 0 unspecified atom stereocenters. The van der Waals surface area contributed by atoms with Crippen LogP contribution in [0.4, 0.5) is 34.1 Å². The van der Waals surface area contributed by atoms with E-state index in [4.69, 9.17) is 25.7 Å². The largest absolute Gasteiger partial charge is 0.493 e. The minimum Gasteiger partial charge on any atom is -0.493 e. The summed E-state index contributed by atoms with van der Waals surface area (Å²) in [6.45, 7) is 47.7. The normalized spacial score (nSPS) is 10.5. The molecule has 10 N–H and O–H groups in total. The highest BCUT2D eigenvalue weighted by Gasteiger charge is 2.20. The number of rotatable bonds is 26. The lowest BCUT2D eigenvalue weighted by Crippen LogP contribution is -2.14. The van der Waals surface area contributed by atoms with Gasteiger partial charge in [0.05, 0.1) is 32.7 Å². The summed E-state index contributed by atoms with van der Waals surface area (Å²) in [6, 6.07) is 72.9. The van der Waals surface area contributed by atoms with Crippen LogP contribution in [-0.4, -0.2) is 85.1 Å². The Kier molecular flexibility index (Phi) is 47.5. The lowest BCUT2D eigenvalue weighted by Gasteiger charge is -2.19. The van der Waals surface area contributed by atoms with E-state index in [2.05, 4.69) is 193 Å². The van der Waals surface area contributed by atoms with Crippen LogP contribution >= 0.6 is 0 Å². The van der Waals surface area contributed by atoms with Crippen LogP contribution in [0.3, 0.4) is 0 Å². The molecule has 0 saturated carbocycles. The molecule has 8 amide bonds. The number of Topliss-reactive ketones (excluding diaryl/α,β-unsaturated/α-hetero) is 2. The molecule has 0 aliphatic carbocycles. The number of anilines is 6. The van der Waals surface area contributed by atoms with Crippen molar-refractivity contribution in [2.24, 2.45) is 11.5 Å². The van der Waals surface area contributed by atoms with Crippen LogP contribution < -0.4 is 57.6 Å². The molecule has 0 spiro atoms. The van der Waals surface area contributed by atoms with Gasteiger partial charge in [-0.15, -0.1) is 0 Å². The first-order valence-electron chi connectivity index (χ1n) is 45.6. The Morgan fingerprint density at radius 1 is 0.304 bits per heavy atom. The van der Waals surface area contributed by atoms with Crippen molar-refractivity contribution in [2.45, 2.75) is 232 Å². The molecule has 1 aromatic heterocycles. The van der Waals surface area contributed by atoms with Crippen LogP contribution in [0.25, 0.3) is 0 Å². The third-order valence-corrected chi connectivity index (χ3v) is 20.9. The van der Waals surface area contributed by atoms with Crippen LogP contribution in [-0.2, 0) is 42.2 Å². The number of methoxy groups -OCH3 is 3. The number of amides is 8. The standard InChI is InChI=1S/C20H25NO.C20H24O4.C15H16N2O.2C13H18N2O2.C12H16O.2C10H13NO/c1-14(2)16-7-6-8-18(13-16)21-19(22)15-9-11-17(12-10-15)20(3,4)5;1-13(2)15-7-6-8-16(12-15)17(21)9-14-10-18(22-3)20(24-5)19(11-14)23-4;1-11(2)13-4-3-5-14(10-13)17-15(18)12-6-8-16-9-7-12;1-8(2)11-5-12(14-9(3)16)7-13(6-11)15-10(4)17;1-8(2)11-5-6-12(14-9(3)16)13(7-11)15-10(4)17;1-9(2)12-6-4-11(5-7-12)8-10(3)13;1-7(2)8-3-5-9(6-4-8)10(11)12;1-7(2)8-4-3-5-9(6-8)10(11)12/h6-14H,1-5H3,(H,21,22);6-8,10-13H,9H2,1-5H3;3-11H,1-2H3,(H,17,18);2*5-8H,1-4H3,(H,14,16)(H,15,17);4-7,9H,8H2,1-3H3;2*3-7H,1-2H3,(H2,11,12). The van der Waals surface area contributed by atoms with Gasteiger partial charge in [-0.3, -0.25) is 52.9 Å². The number of pyridine rings is 1. The van der Waals surface area contributed by atoms with E-state index in [1.807, 2.05) is 170 Å². The van der Waals surface area contributed by atoms with Gasteiger partial charge in [-0.2, -0.15) is 0 Å². The minimum absolute atomic E-state index is 0.0618. The van der Waals surface area contributed by atoms with Gasteiger partial charge < -0.3 is 57.6 Å². The van der Waals surface area contributed by atoms with Gasteiger partial charge in [-0.25, -0.2) is 0 Å². The maximum absolute atomic E-state index is 12.6. The molecule has 0 atom stereocenters. The molecule has 22 nitrogen and oxygen atoms in total. The summed E-state index contributed by atoms with van der Waals surface area (Å²) >= 11 is 0. The first-order valence-corrected chi connectivity index (χ1v) is 45.6. The maximum Gasteiger partial charge on any atom is 0.255 e. The van der Waals surface area contributed by atoms with E-state index in [-0.39, 0.29) is 70.7 Å². The second kappa shape index (κ2) is 56.7. The maximum atomic E-state index is 12.6. The summed E-state index contributed by atoms with van der Waals surface area (Å²) in [4.78, 5) is 117. The predicted molar refractivity (Wildman–Crippen MR) is 552 cm³/mol. The van der Waals surface area contributed by atoms with Crippen molar-refractivity contribution in [1.82, 2.24) is 4.98 Å². The number of hydrogen-bond acceptors (Lipinski definition) is 14. The summed E-state index contributed by atoms with van der Waals surface area (Å²) in [7, 11) is 4.69. The third kappa shape index (κ3) is 41.3. The zero-order chi connectivity index (χ0) is 101. The number of ketones is 2. The fourth-order valence-corrected chi connectivity index (χ4v) is 13.0. The van der Waals surface area contributed by atoms with Gasteiger partial charge in [0.15, 0.2) is 17.3 Å². The molecule has 22 heteroatoms. The Morgan fingerprint density at radius 3 is 1.03 bits per heavy atom. The highest BCUT2D eigenvalue weighted by Crippen LogP contribution is 2.39. The molecule has 0 fully saturated rings. The lowest BCUT2D eigenvalue weighted by atomic mass is 9.87. The number of carbonyl (C=O) groups excluding carboxylic acids is 10. The minimum atomic E-state index is -0.370. The van der Waals surface area contributed by atoms with Crippen LogP contribution in [0.1, 0.15) is 327 Å². The Bertz CT molecular complexity index is 5640. The molecule has 0 radical (unpaired) electrons. The summed E-state index contributed by atoms with van der Waals surface area (Å²) in [6.07, 6.45) is 4.05. The number of nitrogens with one attached hydrogen (secondary N) is 6. The Hall–Kier alpha value is -14.2. The van der Waals surface area contributed by atoms with E-state index < -0.39 is 0 Å². The quantitative estimate of drug-likeness (QED) is 0.0234. The number of carbonyl (C=O) groups is 10. The number of hydrogen-bond donors (Lipinski definition) is 8. The molecule has 11 rings (SSSR count). The van der Waals surface area contributed by atoms with Crippen molar-refractivity contribution in [3.63, 3.8) is 0 Å². The molecule has 135 heavy (non-hydrogen) atoms. The monoisotopic (exact) mass is 1830 g/mol. The number of aromatic nitrogens is 1.